The number of rotatable bonds is 54. The Morgan fingerprint density at radius 1 is 0.451 bits per heavy atom. The van der Waals surface area contributed by atoms with E-state index in [-0.39, 0.29) is 32.0 Å². The lowest BCUT2D eigenvalue weighted by molar-refractivity contribution is -0.870. The highest BCUT2D eigenvalue weighted by Crippen LogP contribution is 2.38. The number of carbonyl (C=O) groups is 2. The Labute approximate surface area is 438 Å². The number of phosphoric acid groups is 1. The topological polar surface area (TPSA) is 111 Å². The van der Waals surface area contributed by atoms with Crippen LogP contribution in [0.5, 0.6) is 0 Å². The van der Waals surface area contributed by atoms with Crippen LogP contribution in [0.3, 0.4) is 0 Å². The van der Waals surface area contributed by atoms with Gasteiger partial charge in [0.2, 0.25) is 0 Å². The summed E-state index contributed by atoms with van der Waals surface area (Å²) in [7, 11) is 1.17. The SMILES string of the molecule is CC/C=C\C/C=C\C/C=C\C/C=C\CCCCCCCCCCCCCCCCCCC(=O)OC(COC(=O)CCCCCCCCC/C=C\CCCCCCCCC)COP(=O)([O-])OCC[N+](C)(C)C. The molecule has 0 aliphatic rings. The molecule has 0 amide bonds. The number of unbranched alkanes of at least 4 members (excludes halogenated alkanes) is 30. The Hall–Kier alpha value is -2.29. The van der Waals surface area contributed by atoms with Gasteiger partial charge in [0.15, 0.2) is 6.10 Å². The Morgan fingerprint density at radius 2 is 0.803 bits per heavy atom. The molecular formula is C61H112NO8P. The number of allylic oxidation sites excluding steroid dienone is 10. The number of nitrogens with zero attached hydrogens (tertiary/aromatic N) is 1. The van der Waals surface area contributed by atoms with E-state index in [0.717, 1.165) is 77.0 Å². The van der Waals surface area contributed by atoms with Gasteiger partial charge in [-0.2, -0.15) is 0 Å². The molecule has 0 saturated carbocycles. The Balaban J connectivity index is 4.11. The van der Waals surface area contributed by atoms with Crippen LogP contribution in [-0.2, 0) is 32.7 Å². The molecule has 0 saturated heterocycles. The Bertz CT molecular complexity index is 1380. The fourth-order valence-corrected chi connectivity index (χ4v) is 8.96. The zero-order valence-electron chi connectivity index (χ0n) is 46.9. The first-order valence-corrected chi connectivity index (χ1v) is 31.0. The summed E-state index contributed by atoms with van der Waals surface area (Å²) in [5, 5.41) is 0. The van der Waals surface area contributed by atoms with Crippen LogP contribution in [0.25, 0.3) is 0 Å². The van der Waals surface area contributed by atoms with E-state index in [9.17, 15) is 19.0 Å². The van der Waals surface area contributed by atoms with E-state index in [0.29, 0.717) is 17.4 Å². The highest BCUT2D eigenvalue weighted by molar-refractivity contribution is 7.45. The second-order valence-corrected chi connectivity index (χ2v) is 22.4. The molecule has 9 nitrogen and oxygen atoms in total. The summed E-state index contributed by atoms with van der Waals surface area (Å²) in [5.74, 6) is -0.830. The van der Waals surface area contributed by atoms with Crippen molar-refractivity contribution in [1.29, 1.82) is 0 Å². The zero-order valence-corrected chi connectivity index (χ0v) is 47.8. The second kappa shape index (κ2) is 52.6. The van der Waals surface area contributed by atoms with Crippen molar-refractivity contribution in [2.45, 2.75) is 270 Å². The summed E-state index contributed by atoms with van der Waals surface area (Å²) >= 11 is 0. The number of hydrogen-bond acceptors (Lipinski definition) is 8. The minimum Gasteiger partial charge on any atom is -0.756 e. The van der Waals surface area contributed by atoms with Gasteiger partial charge < -0.3 is 27.9 Å². The maximum atomic E-state index is 12.8. The minimum atomic E-state index is -4.64. The summed E-state index contributed by atoms with van der Waals surface area (Å²) < 4.78 is 34.2. The summed E-state index contributed by atoms with van der Waals surface area (Å²) in [6, 6.07) is 0. The molecule has 71 heavy (non-hydrogen) atoms. The minimum absolute atomic E-state index is 0.0317. The fraction of sp³-hybridized carbons (Fsp3) is 0.803. The summed E-state index contributed by atoms with van der Waals surface area (Å²) in [6.07, 6.45) is 67.0. The van der Waals surface area contributed by atoms with Crippen LogP contribution >= 0.6 is 7.82 Å². The van der Waals surface area contributed by atoms with Crippen molar-refractivity contribution in [2.24, 2.45) is 0 Å². The van der Waals surface area contributed by atoms with Crippen LogP contribution in [0.2, 0.25) is 0 Å². The lowest BCUT2D eigenvalue weighted by atomic mass is 10.0. The molecule has 414 valence electrons. The first kappa shape index (κ1) is 68.7. The zero-order chi connectivity index (χ0) is 52.0. The van der Waals surface area contributed by atoms with Crippen LogP contribution in [0, 0.1) is 0 Å². The molecular weight excluding hydrogens is 906 g/mol. The largest absolute Gasteiger partial charge is 0.756 e. The van der Waals surface area contributed by atoms with Crippen LogP contribution in [0.4, 0.5) is 0 Å². The maximum absolute atomic E-state index is 12.8. The van der Waals surface area contributed by atoms with Gasteiger partial charge in [-0.05, 0) is 77.0 Å². The number of carbonyl (C=O) groups excluding carboxylic acids is 2. The molecule has 0 aliphatic heterocycles. The molecule has 0 spiro atoms. The van der Waals surface area contributed by atoms with E-state index < -0.39 is 26.5 Å². The smallest absolute Gasteiger partial charge is 0.306 e. The second-order valence-electron chi connectivity index (χ2n) is 21.0. The Kier molecular flexibility index (Phi) is 50.9. The van der Waals surface area contributed by atoms with Crippen molar-refractivity contribution in [3.05, 3.63) is 60.8 Å². The van der Waals surface area contributed by atoms with Gasteiger partial charge in [-0.1, -0.05) is 235 Å². The molecule has 0 aromatic rings. The van der Waals surface area contributed by atoms with Crippen molar-refractivity contribution < 1.29 is 42.1 Å². The van der Waals surface area contributed by atoms with Crippen LogP contribution < -0.4 is 4.89 Å². The van der Waals surface area contributed by atoms with Gasteiger partial charge in [-0.3, -0.25) is 14.2 Å². The molecule has 0 rings (SSSR count). The van der Waals surface area contributed by atoms with E-state index in [4.69, 9.17) is 18.5 Å². The normalized spacial score (nSPS) is 13.7. The molecule has 2 unspecified atom stereocenters. The van der Waals surface area contributed by atoms with E-state index in [2.05, 4.69) is 74.6 Å². The molecule has 0 heterocycles. The molecule has 0 bridgehead atoms. The predicted octanol–water partition coefficient (Wildman–Crippen LogP) is 17.7. The maximum Gasteiger partial charge on any atom is 0.306 e. The Morgan fingerprint density at radius 3 is 1.21 bits per heavy atom. The first-order valence-electron chi connectivity index (χ1n) is 29.5. The van der Waals surface area contributed by atoms with Gasteiger partial charge in [0.1, 0.15) is 19.8 Å². The van der Waals surface area contributed by atoms with Crippen LogP contribution in [0.1, 0.15) is 264 Å². The molecule has 0 aromatic carbocycles. The fourth-order valence-electron chi connectivity index (χ4n) is 8.23. The number of quaternary nitrogens is 1. The summed E-state index contributed by atoms with van der Waals surface area (Å²) in [5.41, 5.74) is 0. The number of likely N-dealkylation sites (N-methyl/N-ethyl adjacent to an activating group) is 1. The first-order chi connectivity index (χ1) is 34.5. The monoisotopic (exact) mass is 1020 g/mol. The highest BCUT2D eigenvalue weighted by Gasteiger charge is 2.22. The predicted molar refractivity (Wildman–Crippen MR) is 300 cm³/mol. The number of esters is 2. The molecule has 0 fully saturated rings. The number of phosphoric ester groups is 1. The molecule has 0 aromatic heterocycles. The van der Waals surface area contributed by atoms with Crippen molar-refractivity contribution in [3.63, 3.8) is 0 Å². The third kappa shape index (κ3) is 56.9. The molecule has 0 radical (unpaired) electrons. The van der Waals surface area contributed by atoms with Crippen molar-refractivity contribution in [3.8, 4) is 0 Å². The molecule has 0 N–H and O–H groups in total. The van der Waals surface area contributed by atoms with Gasteiger partial charge >= 0.3 is 11.9 Å². The van der Waals surface area contributed by atoms with E-state index >= 15 is 0 Å². The molecule has 2 atom stereocenters. The average Bonchev–Trinajstić information content (AvgIpc) is 3.33. The lowest BCUT2D eigenvalue weighted by Gasteiger charge is -2.28. The highest BCUT2D eigenvalue weighted by atomic mass is 31.2. The lowest BCUT2D eigenvalue weighted by Crippen LogP contribution is -2.37. The number of hydrogen-bond donors (Lipinski definition) is 0. The molecule has 10 heteroatoms. The average molecular weight is 1020 g/mol. The van der Waals surface area contributed by atoms with Crippen LogP contribution in [0.15, 0.2) is 60.8 Å². The van der Waals surface area contributed by atoms with Crippen molar-refractivity contribution in [1.82, 2.24) is 0 Å². The molecule has 0 aliphatic carbocycles. The summed E-state index contributed by atoms with van der Waals surface area (Å²) in [4.78, 5) is 37.9. The van der Waals surface area contributed by atoms with E-state index in [1.165, 1.54) is 154 Å². The standard InChI is InChI=1S/C61H112NO8P/c1-6-8-10-12-14-16-18-20-22-24-26-27-28-29-30-31-32-33-34-35-36-38-40-42-44-46-48-50-52-54-61(64)70-59(58-69-71(65,66)68-56-55-62(3,4)5)57-67-60(63)53-51-49-47-45-43-41-39-37-25-23-21-19-17-15-13-11-9-7-2/h8,10,14,16,20,22-23,25-27,59H,6-7,9,11-13,15,17-19,21,24,28-58H2,1-5H3/b10-8-,16-14-,22-20-,25-23-,27-26-. The summed E-state index contributed by atoms with van der Waals surface area (Å²) in [6.45, 7) is 4.15. The van der Waals surface area contributed by atoms with Crippen molar-refractivity contribution >= 4 is 19.8 Å². The third-order valence-corrected chi connectivity index (χ3v) is 13.7. The van der Waals surface area contributed by atoms with Gasteiger partial charge in [0.25, 0.3) is 7.82 Å². The van der Waals surface area contributed by atoms with Gasteiger partial charge in [-0.15, -0.1) is 0 Å². The van der Waals surface area contributed by atoms with Gasteiger partial charge in [-0.25, -0.2) is 0 Å². The van der Waals surface area contributed by atoms with E-state index in [1.807, 2.05) is 21.1 Å². The third-order valence-electron chi connectivity index (χ3n) is 12.8. The number of ether oxygens (including phenoxy) is 2. The quantitative estimate of drug-likeness (QED) is 0.0195. The van der Waals surface area contributed by atoms with Crippen molar-refractivity contribution in [2.75, 3.05) is 47.5 Å². The van der Waals surface area contributed by atoms with Crippen LogP contribution in [-0.4, -0.2) is 70.0 Å². The van der Waals surface area contributed by atoms with Gasteiger partial charge in [0, 0.05) is 12.8 Å². The van der Waals surface area contributed by atoms with Gasteiger partial charge in [0.05, 0.1) is 27.7 Å². The van der Waals surface area contributed by atoms with E-state index in [1.54, 1.807) is 0 Å².